The van der Waals surface area contributed by atoms with Gasteiger partial charge in [-0.2, -0.15) is 39.5 Å². The van der Waals surface area contributed by atoms with E-state index in [4.69, 9.17) is 0 Å². The molecule has 1 amide bonds. The van der Waals surface area contributed by atoms with Gasteiger partial charge >= 0.3 is 30.1 Å². The summed E-state index contributed by atoms with van der Waals surface area (Å²) in [6.07, 6.45) is -9.50. The van der Waals surface area contributed by atoms with Crippen molar-refractivity contribution in [3.05, 3.63) is 66.0 Å². The van der Waals surface area contributed by atoms with Gasteiger partial charge in [-0.25, -0.2) is 0 Å². The molecule has 39 heavy (non-hydrogen) atoms. The molecule has 0 aliphatic rings. The lowest BCUT2D eigenvalue weighted by Gasteiger charge is -2.24. The van der Waals surface area contributed by atoms with Gasteiger partial charge in [0.2, 0.25) is 5.91 Å². The summed E-state index contributed by atoms with van der Waals surface area (Å²) in [7, 11) is 0. The van der Waals surface area contributed by atoms with Crippen molar-refractivity contribution < 1.29 is 53.9 Å². The molecule has 0 fully saturated rings. The van der Waals surface area contributed by atoms with E-state index >= 15 is 0 Å². The number of ketones is 2. The molecule has 2 aromatic rings. The molecule has 0 aliphatic carbocycles. The number of anilines is 1. The summed E-state index contributed by atoms with van der Waals surface area (Å²) in [4.78, 5) is 35.1. The molecule has 0 radical (unpaired) electrons. The molecule has 6 nitrogen and oxygen atoms in total. The smallest absolute Gasteiger partial charge is 0.380 e. The molecule has 0 aliphatic heterocycles. The average molecular weight is 571 g/mol. The van der Waals surface area contributed by atoms with Gasteiger partial charge in [0.25, 0.3) is 0 Å². The summed E-state index contributed by atoms with van der Waals surface area (Å²) in [5.74, 6) is -6.89. The Hall–Kier alpha value is -3.91. The van der Waals surface area contributed by atoms with Gasteiger partial charge in [0, 0.05) is 36.7 Å². The number of aromatic nitrogens is 1. The Kier molecular flexibility index (Phi) is 11.7. The Labute approximate surface area is 216 Å². The zero-order valence-electron chi connectivity index (χ0n) is 20.2. The van der Waals surface area contributed by atoms with Gasteiger partial charge in [-0.05, 0) is 54.0 Å². The van der Waals surface area contributed by atoms with E-state index < -0.39 is 35.7 Å². The second-order valence-corrected chi connectivity index (χ2v) is 8.08. The summed E-state index contributed by atoms with van der Waals surface area (Å²) >= 11 is 0. The number of halogens is 9. The van der Waals surface area contributed by atoms with Crippen molar-refractivity contribution in [2.75, 3.05) is 11.9 Å². The lowest BCUT2D eigenvalue weighted by molar-refractivity contribution is -0.193. The molecule has 2 N–H and O–H groups in total. The Balaban J connectivity index is 0.000000534. The number of rotatable bonds is 8. The highest BCUT2D eigenvalue weighted by molar-refractivity contribution is 6.41. The highest BCUT2D eigenvalue weighted by Crippen LogP contribution is 2.30. The van der Waals surface area contributed by atoms with Crippen LogP contribution in [0.25, 0.3) is 6.08 Å². The van der Waals surface area contributed by atoms with Crippen molar-refractivity contribution >= 4 is 29.2 Å². The Bertz CT molecular complexity index is 1100. The fourth-order valence-corrected chi connectivity index (χ4v) is 2.60. The Morgan fingerprint density at radius 1 is 0.821 bits per heavy atom. The molecule has 0 unspecified atom stereocenters. The average Bonchev–Trinajstić information content (AvgIpc) is 2.83. The fourth-order valence-electron chi connectivity index (χ4n) is 2.60. The van der Waals surface area contributed by atoms with Crippen molar-refractivity contribution in [1.29, 1.82) is 0 Å². The van der Waals surface area contributed by atoms with Gasteiger partial charge in [0.15, 0.2) is 0 Å². The molecule has 0 saturated heterocycles. The molecular weight excluding hydrogens is 549 g/mol. The van der Waals surface area contributed by atoms with Crippen molar-refractivity contribution in [3.63, 3.8) is 0 Å². The molecule has 0 saturated carbocycles. The summed E-state index contributed by atoms with van der Waals surface area (Å²) in [5, 5.41) is 5.98. The minimum atomic E-state index is -5.77. The van der Waals surface area contributed by atoms with E-state index in [0.717, 1.165) is 17.7 Å². The number of nitrogens with one attached hydrogen (secondary N) is 2. The first-order valence-electron chi connectivity index (χ1n) is 10.8. The van der Waals surface area contributed by atoms with Gasteiger partial charge < -0.3 is 10.6 Å². The van der Waals surface area contributed by atoms with Crippen LogP contribution in [0.5, 0.6) is 0 Å². The van der Waals surface area contributed by atoms with E-state index in [1.807, 2.05) is 13.8 Å². The monoisotopic (exact) mass is 571 g/mol. The van der Waals surface area contributed by atoms with Crippen LogP contribution in [0.15, 0.2) is 54.9 Å². The first kappa shape index (κ1) is 33.1. The zero-order chi connectivity index (χ0) is 30.0. The predicted octanol–water partition coefficient (Wildman–Crippen LogP) is 5.62. The van der Waals surface area contributed by atoms with Crippen LogP contribution in [0.1, 0.15) is 25.0 Å². The van der Waals surface area contributed by atoms with Gasteiger partial charge in [-0.1, -0.05) is 13.8 Å². The van der Waals surface area contributed by atoms with E-state index in [-0.39, 0.29) is 17.9 Å². The number of hydrogen-bond donors (Lipinski definition) is 2. The lowest BCUT2D eigenvalue weighted by atomic mass is 10.0. The number of nitrogens with zero attached hydrogens (tertiary/aromatic N) is 1. The quantitative estimate of drug-likeness (QED) is 0.244. The predicted molar refractivity (Wildman–Crippen MR) is 122 cm³/mol. The van der Waals surface area contributed by atoms with Crippen LogP contribution >= 0.6 is 0 Å². The molecule has 0 spiro atoms. The fraction of sp³-hybridized carbons (Fsp3) is 0.333. The van der Waals surface area contributed by atoms with Crippen LogP contribution in [-0.2, 0) is 20.6 Å². The van der Waals surface area contributed by atoms with Gasteiger partial charge in [0.1, 0.15) is 0 Å². The molecule has 1 heterocycles. The van der Waals surface area contributed by atoms with Crippen LogP contribution in [0.2, 0.25) is 0 Å². The molecule has 2 rings (SSSR count). The third-order valence-corrected chi connectivity index (χ3v) is 4.72. The Morgan fingerprint density at radius 2 is 1.31 bits per heavy atom. The van der Waals surface area contributed by atoms with Crippen molar-refractivity contribution in [2.24, 2.45) is 5.92 Å². The maximum absolute atomic E-state index is 12.6. The van der Waals surface area contributed by atoms with Crippen molar-refractivity contribution in [1.82, 2.24) is 10.3 Å². The number of carbonyl (C=O) groups is 3. The van der Waals surface area contributed by atoms with E-state index in [2.05, 4.69) is 15.6 Å². The third kappa shape index (κ3) is 12.0. The number of alkyl halides is 9. The summed E-state index contributed by atoms with van der Waals surface area (Å²) < 4.78 is 105. The van der Waals surface area contributed by atoms with Crippen LogP contribution in [-0.4, -0.2) is 47.4 Å². The van der Waals surface area contributed by atoms with E-state index in [1.165, 1.54) is 18.2 Å². The van der Waals surface area contributed by atoms with Crippen LogP contribution in [0, 0.1) is 5.92 Å². The molecule has 1 atom stereocenters. The number of amides is 1. The maximum Gasteiger partial charge on any atom is 0.458 e. The van der Waals surface area contributed by atoms with Gasteiger partial charge in [-0.15, -0.1) is 0 Å². The second kappa shape index (κ2) is 13.8. The first-order chi connectivity index (χ1) is 17.8. The first-order valence-corrected chi connectivity index (χ1v) is 10.8. The van der Waals surface area contributed by atoms with Gasteiger partial charge in [-0.3, -0.25) is 19.4 Å². The SMILES string of the molecule is CC(C)[C@H](CNC(=O)/C=C/c1ccncc1)Nc1ccc(C(F)(F)F)cc1.O=C(C(=O)C(F)(F)F)C(F)(F)F. The highest BCUT2D eigenvalue weighted by Gasteiger charge is 2.54. The van der Waals surface area contributed by atoms with Crippen LogP contribution in [0.4, 0.5) is 45.2 Å². The van der Waals surface area contributed by atoms with Gasteiger partial charge in [0.05, 0.1) is 5.56 Å². The highest BCUT2D eigenvalue weighted by atomic mass is 19.4. The summed E-state index contributed by atoms with van der Waals surface area (Å²) in [5.41, 5.74) is 0.746. The molecule has 0 bridgehead atoms. The van der Waals surface area contributed by atoms with Crippen LogP contribution < -0.4 is 10.6 Å². The summed E-state index contributed by atoms with van der Waals surface area (Å²) in [6.45, 7) is 4.29. The second-order valence-electron chi connectivity index (χ2n) is 8.08. The number of Topliss-reactive ketones (excluding diaryl/α,β-unsaturated/α-hetero) is 2. The molecular formula is C24H22F9N3O3. The van der Waals surface area contributed by atoms with Crippen molar-refractivity contribution in [3.8, 4) is 0 Å². The normalized spacial score (nSPS) is 12.9. The number of carbonyl (C=O) groups excluding carboxylic acids is 3. The van der Waals surface area contributed by atoms with E-state index in [0.29, 0.717) is 12.2 Å². The summed E-state index contributed by atoms with van der Waals surface area (Å²) in [6, 6.07) is 8.30. The molecule has 1 aromatic carbocycles. The standard InChI is InChI=1S/C20H22F3N3O.C4F6O2/c1-14(2)18(26-17-6-4-16(5-7-17)20(21,22)23)13-25-19(27)8-3-15-9-11-24-12-10-15;5-3(6,7)1(11)2(12)4(8,9)10/h3-12,14,18,26H,13H2,1-2H3,(H,25,27);/b8-3+;/t18-;/m0./s1. The topological polar surface area (TPSA) is 88.2 Å². The third-order valence-electron chi connectivity index (χ3n) is 4.72. The van der Waals surface area contributed by atoms with Crippen molar-refractivity contribution in [2.45, 2.75) is 38.4 Å². The van der Waals surface area contributed by atoms with Crippen LogP contribution in [0.3, 0.4) is 0 Å². The molecule has 214 valence electrons. The molecule has 15 heteroatoms. The largest absolute Gasteiger partial charge is 0.458 e. The minimum Gasteiger partial charge on any atom is -0.380 e. The number of hydrogen-bond acceptors (Lipinski definition) is 5. The molecule has 1 aromatic heterocycles. The van der Waals surface area contributed by atoms with E-state index in [9.17, 15) is 53.9 Å². The number of pyridine rings is 1. The Morgan fingerprint density at radius 3 is 1.72 bits per heavy atom. The zero-order valence-corrected chi connectivity index (χ0v) is 20.2. The lowest BCUT2D eigenvalue weighted by Crippen LogP contribution is -2.39. The maximum atomic E-state index is 12.6. The number of benzene rings is 1. The van der Waals surface area contributed by atoms with E-state index in [1.54, 1.807) is 30.6 Å². The minimum absolute atomic E-state index is 0.125.